The van der Waals surface area contributed by atoms with E-state index in [9.17, 15) is 19.2 Å². The summed E-state index contributed by atoms with van der Waals surface area (Å²) < 4.78 is 1.40. The van der Waals surface area contributed by atoms with Crippen LogP contribution >= 0.6 is 0 Å². The minimum absolute atomic E-state index is 0.0573. The van der Waals surface area contributed by atoms with E-state index < -0.39 is 23.2 Å². The van der Waals surface area contributed by atoms with Crippen molar-refractivity contribution in [2.24, 2.45) is 0 Å². The van der Waals surface area contributed by atoms with Crippen LogP contribution in [0.4, 0.5) is 0 Å². The normalized spacial score (nSPS) is 14.1. The van der Waals surface area contributed by atoms with Crippen LogP contribution in [0.15, 0.2) is 46.0 Å². The molecule has 2 amide bonds. The Kier molecular flexibility index (Phi) is 6.39. The average Bonchev–Trinajstić information content (AvgIpc) is 3.65. The van der Waals surface area contributed by atoms with Crippen molar-refractivity contribution in [1.29, 1.82) is 0 Å². The predicted molar refractivity (Wildman–Crippen MR) is 124 cm³/mol. The highest BCUT2D eigenvalue weighted by Crippen LogP contribution is 2.39. The van der Waals surface area contributed by atoms with E-state index in [1.54, 1.807) is 13.0 Å². The molecule has 172 valence electrons. The van der Waals surface area contributed by atoms with Gasteiger partial charge in [-0.05, 0) is 37.8 Å². The summed E-state index contributed by atoms with van der Waals surface area (Å²) >= 11 is 0. The monoisotopic (exact) mass is 449 g/mol. The fraction of sp³-hybridized carbons (Fsp3) is 0.375. The highest BCUT2D eigenvalue weighted by Gasteiger charge is 2.29. The summed E-state index contributed by atoms with van der Waals surface area (Å²) in [7, 11) is 0. The van der Waals surface area contributed by atoms with Gasteiger partial charge in [-0.3, -0.25) is 23.9 Å². The maximum atomic E-state index is 13.2. The molecule has 1 fully saturated rings. The fourth-order valence-electron chi connectivity index (χ4n) is 3.77. The van der Waals surface area contributed by atoms with E-state index in [0.717, 1.165) is 18.4 Å². The Bertz CT molecular complexity index is 1310. The SMILES string of the molecule is CCCn1c(=O)[nH]c(=O)c2c(C(=O)NC(C)C(=O)NCc3ccccc3)cc(C3CC3)nc21. The lowest BCUT2D eigenvalue weighted by atomic mass is 10.1. The molecule has 4 rings (SSSR count). The summed E-state index contributed by atoms with van der Waals surface area (Å²) in [5.74, 6) is -0.694. The van der Waals surface area contributed by atoms with Crippen molar-refractivity contribution >= 4 is 22.8 Å². The molecule has 0 aliphatic heterocycles. The van der Waals surface area contributed by atoms with Crippen LogP contribution in [0.2, 0.25) is 0 Å². The number of rotatable bonds is 8. The number of nitrogens with one attached hydrogen (secondary N) is 3. The van der Waals surface area contributed by atoms with Crippen LogP contribution in [0.3, 0.4) is 0 Å². The van der Waals surface area contributed by atoms with Crippen LogP contribution in [-0.2, 0) is 17.9 Å². The Morgan fingerprint density at radius 3 is 2.61 bits per heavy atom. The zero-order valence-corrected chi connectivity index (χ0v) is 18.7. The smallest absolute Gasteiger partial charge is 0.329 e. The zero-order chi connectivity index (χ0) is 23.5. The van der Waals surface area contributed by atoms with Crippen molar-refractivity contribution < 1.29 is 9.59 Å². The third-order valence-electron chi connectivity index (χ3n) is 5.71. The number of nitrogens with zero attached hydrogens (tertiary/aromatic N) is 2. The van der Waals surface area contributed by atoms with Gasteiger partial charge in [0.15, 0.2) is 5.65 Å². The van der Waals surface area contributed by atoms with Gasteiger partial charge in [-0.2, -0.15) is 0 Å². The number of benzene rings is 1. The minimum atomic E-state index is -0.825. The summed E-state index contributed by atoms with van der Waals surface area (Å²) in [6.45, 7) is 4.21. The Balaban J connectivity index is 1.63. The van der Waals surface area contributed by atoms with Crippen molar-refractivity contribution in [1.82, 2.24) is 25.2 Å². The van der Waals surface area contributed by atoms with Gasteiger partial charge in [0.05, 0.1) is 10.9 Å². The molecule has 1 unspecified atom stereocenters. The molecule has 2 aromatic heterocycles. The van der Waals surface area contributed by atoms with Gasteiger partial charge >= 0.3 is 5.69 Å². The van der Waals surface area contributed by atoms with Gasteiger partial charge in [0.25, 0.3) is 11.5 Å². The van der Waals surface area contributed by atoms with Crippen LogP contribution in [0.1, 0.15) is 60.6 Å². The second-order valence-corrected chi connectivity index (χ2v) is 8.38. The van der Waals surface area contributed by atoms with Crippen LogP contribution in [0.25, 0.3) is 11.0 Å². The third kappa shape index (κ3) is 4.87. The van der Waals surface area contributed by atoms with Crippen molar-refractivity contribution in [3.63, 3.8) is 0 Å². The summed E-state index contributed by atoms with van der Waals surface area (Å²) in [6.07, 6.45) is 2.55. The lowest BCUT2D eigenvalue weighted by Crippen LogP contribution is -2.45. The number of carbonyl (C=O) groups excluding carboxylic acids is 2. The van der Waals surface area contributed by atoms with Gasteiger partial charge in [0, 0.05) is 24.7 Å². The van der Waals surface area contributed by atoms with Crippen LogP contribution in [0.5, 0.6) is 0 Å². The second-order valence-electron chi connectivity index (χ2n) is 8.38. The molecule has 3 N–H and O–H groups in total. The van der Waals surface area contributed by atoms with Crippen molar-refractivity contribution in [3.05, 3.63) is 74.1 Å². The first-order chi connectivity index (χ1) is 15.9. The Labute approximate surface area is 190 Å². The standard InChI is InChI=1S/C24H27N5O4/c1-3-11-29-20-19(23(32)28-24(29)33)17(12-18(27-20)16-9-10-16)22(31)26-14(2)21(30)25-13-15-7-5-4-6-8-15/h4-8,12,14,16H,3,9-11,13H2,1-2H3,(H,25,30)(H,26,31)(H,28,32,33). The number of hydrogen-bond acceptors (Lipinski definition) is 5. The summed E-state index contributed by atoms with van der Waals surface area (Å²) in [6, 6.07) is 10.2. The number of pyridine rings is 1. The van der Waals surface area contributed by atoms with Crippen LogP contribution in [0, 0.1) is 0 Å². The molecule has 33 heavy (non-hydrogen) atoms. The zero-order valence-electron chi connectivity index (χ0n) is 18.7. The van der Waals surface area contributed by atoms with Crippen molar-refractivity contribution in [3.8, 4) is 0 Å². The van der Waals surface area contributed by atoms with E-state index >= 15 is 0 Å². The molecule has 2 heterocycles. The molecule has 3 aromatic rings. The Morgan fingerprint density at radius 2 is 1.94 bits per heavy atom. The Morgan fingerprint density at radius 1 is 1.21 bits per heavy atom. The topological polar surface area (TPSA) is 126 Å². The predicted octanol–water partition coefficient (Wildman–Crippen LogP) is 1.81. The fourth-order valence-corrected chi connectivity index (χ4v) is 3.77. The molecular formula is C24H27N5O4. The highest BCUT2D eigenvalue weighted by atomic mass is 16.2. The van der Waals surface area contributed by atoms with E-state index in [1.165, 1.54) is 4.57 Å². The molecule has 1 saturated carbocycles. The summed E-state index contributed by atoms with van der Waals surface area (Å²) in [5.41, 5.74) is 0.748. The van der Waals surface area contributed by atoms with Crippen molar-refractivity contribution in [2.75, 3.05) is 0 Å². The summed E-state index contributed by atoms with van der Waals surface area (Å²) in [5, 5.41) is 5.54. The van der Waals surface area contributed by atoms with Crippen LogP contribution in [-0.4, -0.2) is 32.4 Å². The Hall–Kier alpha value is -3.75. The number of aromatic amines is 1. The first-order valence-corrected chi connectivity index (χ1v) is 11.2. The van der Waals surface area contributed by atoms with Gasteiger partial charge in [-0.25, -0.2) is 9.78 Å². The number of amides is 2. The first-order valence-electron chi connectivity index (χ1n) is 11.2. The van der Waals surface area contributed by atoms with Crippen LogP contribution < -0.4 is 21.9 Å². The van der Waals surface area contributed by atoms with E-state index in [4.69, 9.17) is 0 Å². The number of fused-ring (bicyclic) bond motifs is 1. The molecular weight excluding hydrogens is 422 g/mol. The van der Waals surface area contributed by atoms with Crippen molar-refractivity contribution in [2.45, 2.75) is 58.2 Å². The summed E-state index contributed by atoms with van der Waals surface area (Å²) in [4.78, 5) is 57.7. The minimum Gasteiger partial charge on any atom is -0.350 e. The van der Waals surface area contributed by atoms with Gasteiger partial charge < -0.3 is 10.6 Å². The molecule has 1 aliphatic rings. The molecule has 0 bridgehead atoms. The highest BCUT2D eigenvalue weighted by molar-refractivity contribution is 6.06. The number of carbonyl (C=O) groups is 2. The molecule has 9 heteroatoms. The average molecular weight is 450 g/mol. The number of hydrogen-bond donors (Lipinski definition) is 3. The molecule has 0 radical (unpaired) electrons. The molecule has 0 saturated heterocycles. The van der Waals surface area contributed by atoms with Gasteiger partial charge in [0.1, 0.15) is 6.04 Å². The maximum absolute atomic E-state index is 13.2. The third-order valence-corrected chi connectivity index (χ3v) is 5.71. The lowest BCUT2D eigenvalue weighted by Gasteiger charge is -2.16. The largest absolute Gasteiger partial charge is 0.350 e. The second kappa shape index (κ2) is 9.40. The number of aromatic nitrogens is 3. The molecule has 1 aliphatic carbocycles. The van der Waals surface area contributed by atoms with Gasteiger partial charge in [-0.1, -0.05) is 37.3 Å². The molecule has 1 aromatic carbocycles. The first kappa shape index (κ1) is 22.4. The van der Waals surface area contributed by atoms with E-state index in [-0.39, 0.29) is 28.4 Å². The number of aryl methyl sites for hydroxylation is 1. The quantitative estimate of drug-likeness (QED) is 0.484. The molecule has 9 nitrogen and oxygen atoms in total. The van der Waals surface area contributed by atoms with E-state index in [2.05, 4.69) is 20.6 Å². The van der Waals surface area contributed by atoms with E-state index in [1.807, 2.05) is 37.3 Å². The number of H-pyrrole nitrogens is 1. The molecule has 0 spiro atoms. The lowest BCUT2D eigenvalue weighted by molar-refractivity contribution is -0.122. The van der Waals surface area contributed by atoms with E-state index in [0.29, 0.717) is 25.2 Å². The maximum Gasteiger partial charge on any atom is 0.329 e. The molecule has 1 atom stereocenters. The van der Waals surface area contributed by atoms with Gasteiger partial charge in [0.2, 0.25) is 5.91 Å². The van der Waals surface area contributed by atoms with Gasteiger partial charge in [-0.15, -0.1) is 0 Å².